The van der Waals surface area contributed by atoms with Crippen LogP contribution in [0.2, 0.25) is 0 Å². The van der Waals surface area contributed by atoms with Gasteiger partial charge in [0.1, 0.15) is 5.69 Å². The first-order valence-corrected chi connectivity index (χ1v) is 8.92. The van der Waals surface area contributed by atoms with Crippen molar-refractivity contribution in [3.63, 3.8) is 0 Å². The lowest BCUT2D eigenvalue weighted by Crippen LogP contribution is -2.14. The highest BCUT2D eigenvalue weighted by Gasteiger charge is 2.26. The van der Waals surface area contributed by atoms with Crippen LogP contribution < -0.4 is 11.1 Å². The maximum absolute atomic E-state index is 13.1. The lowest BCUT2D eigenvalue weighted by Gasteiger charge is -2.06. The molecule has 0 radical (unpaired) electrons. The molecule has 0 aliphatic rings. The lowest BCUT2D eigenvalue weighted by molar-refractivity contribution is 0.102. The van der Waals surface area contributed by atoms with Crippen molar-refractivity contribution in [1.29, 1.82) is 0 Å². The van der Waals surface area contributed by atoms with Gasteiger partial charge in [0.2, 0.25) is 5.78 Å². The quantitative estimate of drug-likeness (QED) is 0.526. The highest BCUT2D eigenvalue weighted by atomic mass is 16.2. The van der Waals surface area contributed by atoms with Crippen LogP contribution in [0.25, 0.3) is 5.52 Å². The second-order valence-electron chi connectivity index (χ2n) is 6.61. The van der Waals surface area contributed by atoms with Crippen LogP contribution in [0.3, 0.4) is 0 Å². The van der Waals surface area contributed by atoms with Gasteiger partial charge in [-0.15, -0.1) is 0 Å². The van der Waals surface area contributed by atoms with Gasteiger partial charge in [-0.2, -0.15) is 0 Å². The summed E-state index contributed by atoms with van der Waals surface area (Å²) < 4.78 is 1.68. The van der Waals surface area contributed by atoms with Crippen LogP contribution in [-0.4, -0.2) is 16.1 Å². The molecule has 1 amide bonds. The summed E-state index contributed by atoms with van der Waals surface area (Å²) in [5.41, 5.74) is 9.95. The molecule has 0 aliphatic heterocycles. The number of rotatable bonds is 4. The van der Waals surface area contributed by atoms with Crippen LogP contribution in [0.15, 0.2) is 79.0 Å². The van der Waals surface area contributed by atoms with Gasteiger partial charge in [-0.1, -0.05) is 54.1 Å². The van der Waals surface area contributed by atoms with E-state index in [2.05, 4.69) is 5.32 Å². The minimum Gasteiger partial charge on any atom is -0.396 e. The van der Waals surface area contributed by atoms with E-state index < -0.39 is 0 Å². The van der Waals surface area contributed by atoms with Crippen molar-refractivity contribution in [2.75, 3.05) is 11.1 Å². The third kappa shape index (κ3) is 3.03. The number of fused-ring (bicyclic) bond motifs is 1. The van der Waals surface area contributed by atoms with Crippen molar-refractivity contribution in [2.24, 2.45) is 0 Å². The first kappa shape index (κ1) is 17.5. The molecule has 0 saturated heterocycles. The Kier molecular flexibility index (Phi) is 4.41. The summed E-state index contributed by atoms with van der Waals surface area (Å²) in [5.74, 6) is -0.578. The summed E-state index contributed by atoms with van der Waals surface area (Å²) in [7, 11) is 0. The topological polar surface area (TPSA) is 76.6 Å². The maximum Gasteiger partial charge on any atom is 0.259 e. The van der Waals surface area contributed by atoms with Crippen LogP contribution in [0.1, 0.15) is 32.0 Å². The normalized spacial score (nSPS) is 10.8. The average molecular weight is 369 g/mol. The van der Waals surface area contributed by atoms with E-state index in [1.165, 1.54) is 0 Å². The predicted octanol–water partition coefficient (Wildman–Crippen LogP) is 4.31. The van der Waals surface area contributed by atoms with Crippen molar-refractivity contribution < 1.29 is 9.59 Å². The third-order valence-electron chi connectivity index (χ3n) is 4.67. The second kappa shape index (κ2) is 7.04. The van der Waals surface area contributed by atoms with Gasteiger partial charge >= 0.3 is 0 Å². The van der Waals surface area contributed by atoms with Crippen molar-refractivity contribution in [3.05, 3.63) is 101 Å². The number of nitrogen functional groups attached to an aromatic ring is 1. The van der Waals surface area contributed by atoms with E-state index in [1.54, 1.807) is 47.0 Å². The molecule has 0 unspecified atom stereocenters. The summed E-state index contributed by atoms with van der Waals surface area (Å²) in [5, 5.41) is 2.87. The number of nitrogens with zero attached hydrogens (tertiary/aromatic N) is 1. The molecule has 0 spiro atoms. The predicted molar refractivity (Wildman–Crippen MR) is 111 cm³/mol. The Labute approximate surface area is 162 Å². The van der Waals surface area contributed by atoms with Crippen LogP contribution in [0, 0.1) is 6.92 Å². The van der Waals surface area contributed by atoms with E-state index in [0.29, 0.717) is 22.3 Å². The summed E-state index contributed by atoms with van der Waals surface area (Å²) in [6.45, 7) is 1.98. The molecule has 0 bridgehead atoms. The Bertz CT molecular complexity index is 1180. The monoisotopic (exact) mass is 369 g/mol. The molecular formula is C23H19N3O2. The lowest BCUT2D eigenvalue weighted by atomic mass is 10.1. The molecule has 0 saturated carbocycles. The molecule has 2 heterocycles. The van der Waals surface area contributed by atoms with Gasteiger partial charge in [0.25, 0.3) is 5.91 Å². The first-order valence-electron chi connectivity index (χ1n) is 8.92. The number of anilines is 2. The van der Waals surface area contributed by atoms with Crippen LogP contribution in [0.5, 0.6) is 0 Å². The van der Waals surface area contributed by atoms with Crippen LogP contribution in [-0.2, 0) is 0 Å². The highest BCUT2D eigenvalue weighted by molar-refractivity contribution is 6.20. The molecule has 4 rings (SSSR count). The van der Waals surface area contributed by atoms with Gasteiger partial charge in [0, 0.05) is 17.4 Å². The number of aryl methyl sites for hydroxylation is 1. The van der Waals surface area contributed by atoms with Crippen molar-refractivity contribution >= 4 is 28.6 Å². The Morgan fingerprint density at radius 2 is 1.57 bits per heavy atom. The molecule has 138 valence electrons. The number of nitrogens with one attached hydrogen (secondary N) is 1. The largest absolute Gasteiger partial charge is 0.396 e. The van der Waals surface area contributed by atoms with Crippen molar-refractivity contribution in [3.8, 4) is 0 Å². The fourth-order valence-electron chi connectivity index (χ4n) is 3.26. The maximum atomic E-state index is 13.1. The number of pyridine rings is 1. The molecule has 2 aromatic heterocycles. The Morgan fingerprint density at radius 1 is 0.893 bits per heavy atom. The Balaban J connectivity index is 1.81. The summed E-state index contributed by atoms with van der Waals surface area (Å²) in [6, 6.07) is 21.8. The number of carbonyl (C=O) groups excluding carboxylic acids is 2. The molecule has 0 atom stereocenters. The van der Waals surface area contributed by atoms with Crippen LogP contribution >= 0.6 is 0 Å². The van der Waals surface area contributed by atoms with E-state index in [0.717, 1.165) is 5.56 Å². The van der Waals surface area contributed by atoms with E-state index in [-0.39, 0.29) is 23.1 Å². The summed E-state index contributed by atoms with van der Waals surface area (Å²) >= 11 is 0. The molecule has 0 aliphatic carbocycles. The first-order chi connectivity index (χ1) is 13.6. The Morgan fingerprint density at radius 3 is 2.29 bits per heavy atom. The van der Waals surface area contributed by atoms with Gasteiger partial charge in [-0.3, -0.25) is 9.59 Å². The Hall–Kier alpha value is -3.86. The second-order valence-corrected chi connectivity index (χ2v) is 6.61. The van der Waals surface area contributed by atoms with Gasteiger partial charge in [0.05, 0.1) is 16.8 Å². The number of hydrogen-bond donors (Lipinski definition) is 2. The van der Waals surface area contributed by atoms with E-state index in [1.807, 2.05) is 43.3 Å². The van der Waals surface area contributed by atoms with E-state index >= 15 is 0 Å². The van der Waals surface area contributed by atoms with E-state index in [9.17, 15) is 9.59 Å². The molecule has 0 fully saturated rings. The molecule has 2 aromatic carbocycles. The standard InChI is InChI=1S/C23H19N3O2/c1-15-10-12-17(13-11-15)25-23(28)19-18-9-5-6-14-26(18)21(20(19)24)22(27)16-7-3-2-4-8-16/h2-14H,24H2,1H3,(H,25,28). The molecule has 5 nitrogen and oxygen atoms in total. The number of hydrogen-bond acceptors (Lipinski definition) is 3. The zero-order chi connectivity index (χ0) is 19.7. The number of aromatic nitrogens is 1. The fourth-order valence-corrected chi connectivity index (χ4v) is 3.26. The number of carbonyl (C=O) groups is 2. The number of ketones is 1. The van der Waals surface area contributed by atoms with Crippen LogP contribution in [0.4, 0.5) is 11.4 Å². The van der Waals surface area contributed by atoms with Gasteiger partial charge in [0.15, 0.2) is 0 Å². The molecule has 3 N–H and O–H groups in total. The average Bonchev–Trinajstić information content (AvgIpc) is 3.01. The number of benzene rings is 2. The summed E-state index contributed by atoms with van der Waals surface area (Å²) in [4.78, 5) is 26.1. The summed E-state index contributed by atoms with van der Waals surface area (Å²) in [6.07, 6.45) is 1.74. The third-order valence-corrected chi connectivity index (χ3v) is 4.67. The molecule has 4 aromatic rings. The highest BCUT2D eigenvalue weighted by Crippen LogP contribution is 2.29. The van der Waals surface area contributed by atoms with Gasteiger partial charge in [-0.05, 0) is 31.2 Å². The fraction of sp³-hybridized carbons (Fsp3) is 0.0435. The molecular weight excluding hydrogens is 350 g/mol. The SMILES string of the molecule is Cc1ccc(NC(=O)c2c(N)c(C(=O)c3ccccc3)n3ccccc23)cc1. The van der Waals surface area contributed by atoms with Gasteiger partial charge < -0.3 is 15.5 Å². The smallest absolute Gasteiger partial charge is 0.259 e. The zero-order valence-electron chi connectivity index (χ0n) is 15.3. The van der Waals surface area contributed by atoms with Crippen molar-refractivity contribution in [1.82, 2.24) is 4.40 Å². The minimum absolute atomic E-state index is 0.171. The zero-order valence-corrected chi connectivity index (χ0v) is 15.3. The number of amides is 1. The molecule has 28 heavy (non-hydrogen) atoms. The molecule has 5 heteroatoms. The number of nitrogens with two attached hydrogens (primary N) is 1. The minimum atomic E-state index is -0.350. The van der Waals surface area contributed by atoms with Crippen molar-refractivity contribution in [2.45, 2.75) is 6.92 Å². The van der Waals surface area contributed by atoms with Gasteiger partial charge in [-0.25, -0.2) is 0 Å². The van der Waals surface area contributed by atoms with E-state index in [4.69, 9.17) is 5.73 Å².